The molecule has 33 heavy (non-hydrogen) atoms. The number of hydrogen-bond donors (Lipinski definition) is 0. The summed E-state index contributed by atoms with van der Waals surface area (Å²) in [6.07, 6.45) is 2.22. The molecule has 5 rings (SSSR count). The van der Waals surface area contributed by atoms with Gasteiger partial charge >= 0.3 is 0 Å². The van der Waals surface area contributed by atoms with Crippen LogP contribution in [0.1, 0.15) is 32.3 Å². The number of aromatic nitrogens is 1. The highest BCUT2D eigenvalue weighted by atomic mass is 16.3. The van der Waals surface area contributed by atoms with Crippen molar-refractivity contribution in [2.75, 3.05) is 18.0 Å². The molecule has 3 aromatic rings. The molecule has 3 aromatic carbocycles. The summed E-state index contributed by atoms with van der Waals surface area (Å²) in [5.74, 6) is 0.752. The Bertz CT molecular complexity index is 1440. The molecule has 166 valence electrons. The molecule has 0 fully saturated rings. The minimum Gasteiger partial charge on any atom is -0.453 e. The molecule has 1 heterocycles. The molecule has 1 aliphatic heterocycles. The minimum atomic E-state index is 0.752. The Kier molecular flexibility index (Phi) is 5.82. The van der Waals surface area contributed by atoms with Crippen molar-refractivity contribution in [2.24, 2.45) is 4.99 Å². The zero-order valence-corrected chi connectivity index (χ0v) is 19.5. The van der Waals surface area contributed by atoms with Crippen molar-refractivity contribution >= 4 is 33.2 Å². The van der Waals surface area contributed by atoms with Crippen molar-refractivity contribution in [1.29, 1.82) is 0 Å². The Morgan fingerprint density at radius 1 is 0.848 bits per heavy atom. The fraction of sp³-hybridized carbons (Fsp3) is 0.241. The third-order valence-corrected chi connectivity index (χ3v) is 5.99. The monoisotopic (exact) mass is 435 g/mol. The Morgan fingerprint density at radius 3 is 2.30 bits per heavy atom. The first-order valence-corrected chi connectivity index (χ1v) is 11.8. The zero-order chi connectivity index (χ0) is 22.8. The average Bonchev–Trinajstić information content (AvgIpc) is 2.84. The third-order valence-electron chi connectivity index (χ3n) is 5.99. The average molecular weight is 436 g/mol. The maximum Gasteiger partial charge on any atom is 0.155 e. The highest BCUT2D eigenvalue weighted by Crippen LogP contribution is 2.32. The lowest BCUT2D eigenvalue weighted by atomic mass is 10.0. The number of rotatable bonds is 6. The Morgan fingerprint density at radius 2 is 1.58 bits per heavy atom. The second-order valence-electron chi connectivity index (χ2n) is 8.59. The van der Waals surface area contributed by atoms with Crippen LogP contribution in [0.25, 0.3) is 33.3 Å². The van der Waals surface area contributed by atoms with Crippen LogP contribution in [0.2, 0.25) is 0 Å². The molecule has 0 spiro atoms. The first-order valence-electron chi connectivity index (χ1n) is 11.8. The van der Waals surface area contributed by atoms with E-state index in [2.05, 4.69) is 68.1 Å². The molecule has 0 saturated heterocycles. The number of aryl methyl sites for hydroxylation is 1. The van der Waals surface area contributed by atoms with Gasteiger partial charge in [0.2, 0.25) is 0 Å². The fourth-order valence-corrected chi connectivity index (χ4v) is 4.38. The first-order chi connectivity index (χ1) is 16.2. The van der Waals surface area contributed by atoms with Crippen molar-refractivity contribution in [3.8, 4) is 11.5 Å². The molecular weight excluding hydrogens is 406 g/mol. The predicted octanol–water partition coefficient (Wildman–Crippen LogP) is 7.25. The molecule has 4 heteroatoms. The van der Waals surface area contributed by atoms with Crippen LogP contribution >= 0.6 is 0 Å². The number of anilines is 1. The van der Waals surface area contributed by atoms with E-state index in [9.17, 15) is 0 Å². The van der Waals surface area contributed by atoms with E-state index < -0.39 is 0 Å². The highest BCUT2D eigenvalue weighted by Gasteiger charge is 2.16. The summed E-state index contributed by atoms with van der Waals surface area (Å²) >= 11 is 0. The lowest BCUT2D eigenvalue weighted by Gasteiger charge is -2.24. The van der Waals surface area contributed by atoms with Gasteiger partial charge in [-0.15, -0.1) is 0 Å². The van der Waals surface area contributed by atoms with Gasteiger partial charge in [-0.3, -0.25) is 0 Å². The lowest BCUT2D eigenvalue weighted by molar-refractivity contribution is 0.613. The quantitative estimate of drug-likeness (QED) is 0.208. The van der Waals surface area contributed by atoms with Crippen LogP contribution in [0.4, 0.5) is 11.4 Å². The van der Waals surface area contributed by atoms with Gasteiger partial charge in [0, 0.05) is 41.7 Å². The van der Waals surface area contributed by atoms with Gasteiger partial charge in [-0.25, -0.2) is 9.98 Å². The van der Waals surface area contributed by atoms with E-state index in [-0.39, 0.29) is 0 Å². The van der Waals surface area contributed by atoms with Gasteiger partial charge in [-0.2, -0.15) is 0 Å². The molecule has 0 radical (unpaired) electrons. The van der Waals surface area contributed by atoms with E-state index in [1.165, 1.54) is 11.3 Å². The number of nitrogens with zero attached hydrogens (tertiary/aromatic N) is 3. The van der Waals surface area contributed by atoms with E-state index in [1.54, 1.807) is 0 Å². The molecule has 0 unspecified atom stereocenters. The maximum absolute atomic E-state index is 6.45. The van der Waals surface area contributed by atoms with Crippen LogP contribution in [0.5, 0.6) is 0 Å². The number of hydrogen-bond acceptors (Lipinski definition) is 4. The summed E-state index contributed by atoms with van der Waals surface area (Å²) in [7, 11) is 0. The summed E-state index contributed by atoms with van der Waals surface area (Å²) in [6.45, 7) is 8.58. The third kappa shape index (κ3) is 4.21. The van der Waals surface area contributed by atoms with E-state index in [0.717, 1.165) is 70.3 Å². The molecule has 0 N–H and O–H groups in total. The van der Waals surface area contributed by atoms with Crippen molar-refractivity contribution in [1.82, 2.24) is 4.98 Å². The summed E-state index contributed by atoms with van der Waals surface area (Å²) in [4.78, 5) is 12.4. The van der Waals surface area contributed by atoms with Crippen LogP contribution < -0.4 is 10.3 Å². The molecular formula is C29H29N3O. The molecule has 1 aliphatic carbocycles. The molecule has 0 bridgehead atoms. The topological polar surface area (TPSA) is 41.6 Å². The van der Waals surface area contributed by atoms with Crippen LogP contribution in [0.15, 0.2) is 82.2 Å². The normalized spacial score (nSPS) is 12.2. The number of fused-ring (bicyclic) bond motifs is 4. The zero-order valence-electron chi connectivity index (χ0n) is 19.5. The van der Waals surface area contributed by atoms with Crippen LogP contribution in [0.3, 0.4) is 0 Å². The van der Waals surface area contributed by atoms with Gasteiger partial charge in [-0.05, 0) is 44.0 Å². The minimum absolute atomic E-state index is 0.752. The molecule has 2 aliphatic rings. The number of benzene rings is 4. The SMILES string of the molecule is CCCN(CCC)c1ccc2nc3c4ccccc4c(=Nc4ccc(C)cc4)cc-3oc2c1. The second kappa shape index (κ2) is 9.07. The molecule has 0 saturated carbocycles. The summed E-state index contributed by atoms with van der Waals surface area (Å²) < 4.78 is 6.45. The summed E-state index contributed by atoms with van der Waals surface area (Å²) in [5, 5.41) is 3.01. The van der Waals surface area contributed by atoms with E-state index >= 15 is 0 Å². The van der Waals surface area contributed by atoms with Crippen molar-refractivity contribution in [3.63, 3.8) is 0 Å². The molecule has 4 nitrogen and oxygen atoms in total. The van der Waals surface area contributed by atoms with Gasteiger partial charge < -0.3 is 9.32 Å². The standard InChI is InChI=1S/C29H29N3O/c1-4-16-32(17-5-2)22-14-15-25-27(18-22)33-28-19-26(30-21-12-10-20(3)11-13-21)23-8-6-7-9-24(23)29(28)31-25/h6-15,18-19H,4-5,16-17H2,1-3H3. The van der Waals surface area contributed by atoms with E-state index in [0.29, 0.717) is 0 Å². The summed E-state index contributed by atoms with van der Waals surface area (Å²) in [5.41, 5.74) is 5.87. The van der Waals surface area contributed by atoms with E-state index in [4.69, 9.17) is 14.4 Å². The van der Waals surface area contributed by atoms with Crippen molar-refractivity contribution in [3.05, 3.63) is 83.7 Å². The second-order valence-corrected chi connectivity index (χ2v) is 8.59. The smallest absolute Gasteiger partial charge is 0.155 e. The fourth-order valence-electron chi connectivity index (χ4n) is 4.38. The maximum atomic E-state index is 6.45. The lowest BCUT2D eigenvalue weighted by Crippen LogP contribution is -2.24. The Hall–Kier alpha value is -3.66. The van der Waals surface area contributed by atoms with Crippen molar-refractivity contribution in [2.45, 2.75) is 33.6 Å². The Balaban J connectivity index is 1.73. The van der Waals surface area contributed by atoms with Crippen LogP contribution in [-0.4, -0.2) is 18.1 Å². The van der Waals surface area contributed by atoms with Gasteiger partial charge in [0.25, 0.3) is 0 Å². The van der Waals surface area contributed by atoms with Crippen LogP contribution in [-0.2, 0) is 0 Å². The predicted molar refractivity (Wildman–Crippen MR) is 137 cm³/mol. The largest absolute Gasteiger partial charge is 0.453 e. The first kappa shape index (κ1) is 21.2. The highest BCUT2D eigenvalue weighted by molar-refractivity contribution is 5.96. The van der Waals surface area contributed by atoms with E-state index in [1.807, 2.05) is 30.3 Å². The van der Waals surface area contributed by atoms with Gasteiger partial charge in [-0.1, -0.05) is 55.8 Å². The van der Waals surface area contributed by atoms with Gasteiger partial charge in [0.1, 0.15) is 11.2 Å². The molecule has 0 atom stereocenters. The van der Waals surface area contributed by atoms with Gasteiger partial charge in [0.15, 0.2) is 11.3 Å². The summed E-state index contributed by atoms with van der Waals surface area (Å²) in [6, 6.07) is 24.9. The molecule has 0 amide bonds. The molecule has 0 aromatic heterocycles. The van der Waals surface area contributed by atoms with Gasteiger partial charge in [0.05, 0.1) is 11.0 Å². The van der Waals surface area contributed by atoms with Crippen LogP contribution in [0, 0.1) is 6.92 Å². The van der Waals surface area contributed by atoms with Crippen molar-refractivity contribution < 1.29 is 4.42 Å². The Labute approximate surface area is 194 Å².